The van der Waals surface area contributed by atoms with Crippen molar-refractivity contribution in [2.45, 2.75) is 50.6 Å². The Balaban J connectivity index is 1.34. The monoisotopic (exact) mass is 573 g/mol. The van der Waals surface area contributed by atoms with E-state index >= 15 is 0 Å². The number of anilines is 1. The lowest BCUT2D eigenvalue weighted by Crippen LogP contribution is -2.49. The van der Waals surface area contributed by atoms with Crippen LogP contribution in [-0.4, -0.2) is 69.5 Å². The van der Waals surface area contributed by atoms with Crippen LogP contribution in [0.2, 0.25) is 0 Å². The van der Waals surface area contributed by atoms with E-state index in [1.54, 1.807) is 12.4 Å². The number of carbonyl (C=O) groups excluding carboxylic acids is 2. The van der Waals surface area contributed by atoms with E-state index < -0.39 is 10.0 Å². The van der Waals surface area contributed by atoms with Crippen LogP contribution in [0.1, 0.15) is 54.6 Å². The zero-order chi connectivity index (χ0) is 28.9. The van der Waals surface area contributed by atoms with Crippen molar-refractivity contribution in [3.63, 3.8) is 0 Å². The lowest BCUT2D eigenvalue weighted by molar-refractivity contribution is -0.134. The van der Waals surface area contributed by atoms with Crippen molar-refractivity contribution < 1.29 is 18.0 Å². The molecule has 3 N–H and O–H groups in total. The third-order valence-electron chi connectivity index (χ3n) is 8.10. The van der Waals surface area contributed by atoms with Crippen LogP contribution in [0, 0.1) is 0 Å². The van der Waals surface area contributed by atoms with Gasteiger partial charge in [0.05, 0.1) is 35.9 Å². The first-order valence-corrected chi connectivity index (χ1v) is 15.5. The molecule has 3 atom stereocenters. The summed E-state index contributed by atoms with van der Waals surface area (Å²) in [5, 5.41) is 4.46. The highest BCUT2D eigenvalue weighted by atomic mass is 32.2. The van der Waals surface area contributed by atoms with Crippen LogP contribution in [-0.2, 0) is 14.8 Å². The summed E-state index contributed by atoms with van der Waals surface area (Å²) in [6.07, 6.45) is 7.36. The van der Waals surface area contributed by atoms with Crippen molar-refractivity contribution in [3.8, 4) is 22.4 Å². The Hall–Kier alpha value is -4.16. The molecule has 12 heteroatoms. The van der Waals surface area contributed by atoms with Gasteiger partial charge >= 0.3 is 0 Å². The fraction of sp³-hybridized carbons (Fsp3) is 0.345. The average Bonchev–Trinajstić information content (AvgIpc) is 3.49. The van der Waals surface area contributed by atoms with E-state index in [9.17, 15) is 18.0 Å². The second kappa shape index (κ2) is 10.3. The SMILES string of the molecule is CC(=O)c1c([C@@H]2C[C@H]3CC[C@@H](C2)N3C(=O)CNS(C)(=O)=O)nc2c(-c3ccc(-c4ccccc4)nc3)cnn2c1N. The van der Waals surface area contributed by atoms with Gasteiger partial charge in [0.2, 0.25) is 15.9 Å². The van der Waals surface area contributed by atoms with Crippen molar-refractivity contribution in [3.05, 3.63) is 66.1 Å². The predicted octanol–water partition coefficient (Wildman–Crippen LogP) is 3.03. The van der Waals surface area contributed by atoms with Crippen LogP contribution < -0.4 is 10.5 Å². The molecule has 1 amide bonds. The zero-order valence-corrected chi connectivity index (χ0v) is 23.6. The van der Waals surface area contributed by atoms with Gasteiger partial charge < -0.3 is 10.6 Å². The Bertz CT molecular complexity index is 1740. The molecule has 2 fully saturated rings. The van der Waals surface area contributed by atoms with Crippen molar-refractivity contribution in [2.24, 2.45) is 0 Å². The molecule has 0 aliphatic carbocycles. The number of nitrogens with one attached hydrogen (secondary N) is 1. The Morgan fingerprint density at radius 2 is 1.73 bits per heavy atom. The molecule has 2 bridgehead atoms. The van der Waals surface area contributed by atoms with E-state index in [0.29, 0.717) is 29.7 Å². The van der Waals surface area contributed by atoms with E-state index in [1.807, 2.05) is 47.4 Å². The van der Waals surface area contributed by atoms with Crippen LogP contribution in [0.5, 0.6) is 0 Å². The average molecular weight is 574 g/mol. The van der Waals surface area contributed by atoms with Crippen LogP contribution >= 0.6 is 0 Å². The van der Waals surface area contributed by atoms with E-state index in [-0.39, 0.29) is 42.1 Å². The Labute approximate surface area is 237 Å². The first kappa shape index (κ1) is 27.0. The van der Waals surface area contributed by atoms with Gasteiger partial charge in [0, 0.05) is 40.9 Å². The molecule has 5 heterocycles. The van der Waals surface area contributed by atoms with Crippen molar-refractivity contribution in [2.75, 3.05) is 18.5 Å². The molecule has 4 aromatic rings. The second-order valence-electron chi connectivity index (χ2n) is 10.9. The molecule has 11 nitrogen and oxygen atoms in total. The number of benzene rings is 1. The number of hydrogen-bond donors (Lipinski definition) is 2. The van der Waals surface area contributed by atoms with Gasteiger partial charge in [0.15, 0.2) is 11.4 Å². The van der Waals surface area contributed by atoms with E-state index in [2.05, 4.69) is 14.8 Å². The first-order valence-electron chi connectivity index (χ1n) is 13.6. The number of sulfonamides is 1. The number of nitrogen functional groups attached to an aromatic ring is 1. The molecule has 0 unspecified atom stereocenters. The number of aromatic nitrogens is 4. The van der Waals surface area contributed by atoms with E-state index in [0.717, 1.165) is 41.5 Å². The molecule has 0 saturated carbocycles. The molecule has 0 radical (unpaired) electrons. The number of Topliss-reactive ketones (excluding diaryl/α,β-unsaturated/α-hetero) is 1. The molecule has 1 aromatic carbocycles. The Kier molecular flexibility index (Phi) is 6.82. The summed E-state index contributed by atoms with van der Waals surface area (Å²) in [6.45, 7) is 1.21. The van der Waals surface area contributed by atoms with Gasteiger partial charge in [-0.1, -0.05) is 36.4 Å². The lowest BCUT2D eigenvalue weighted by Gasteiger charge is -2.39. The molecule has 6 rings (SSSR count). The number of fused-ring (bicyclic) bond motifs is 3. The minimum absolute atomic E-state index is 0.0641. The molecule has 41 heavy (non-hydrogen) atoms. The van der Waals surface area contributed by atoms with Crippen LogP contribution in [0.15, 0.2) is 54.9 Å². The van der Waals surface area contributed by atoms with Gasteiger partial charge in [-0.25, -0.2) is 18.1 Å². The summed E-state index contributed by atoms with van der Waals surface area (Å²) >= 11 is 0. The minimum atomic E-state index is -3.48. The lowest BCUT2D eigenvalue weighted by atomic mass is 9.85. The number of nitrogens with zero attached hydrogens (tertiary/aromatic N) is 5. The van der Waals surface area contributed by atoms with Gasteiger partial charge in [-0.15, -0.1) is 0 Å². The number of hydrogen-bond acceptors (Lipinski definition) is 8. The second-order valence-corrected chi connectivity index (χ2v) is 12.7. The fourth-order valence-corrected chi connectivity index (χ4v) is 6.70. The number of amides is 1. The summed E-state index contributed by atoms with van der Waals surface area (Å²) in [5.74, 6) is -0.283. The molecular formula is C29H31N7O4S. The molecule has 0 spiro atoms. The summed E-state index contributed by atoms with van der Waals surface area (Å²) < 4.78 is 26.8. The predicted molar refractivity (Wildman–Crippen MR) is 155 cm³/mol. The summed E-state index contributed by atoms with van der Waals surface area (Å²) in [5.41, 5.74) is 11.5. The number of rotatable bonds is 7. The van der Waals surface area contributed by atoms with E-state index in [1.165, 1.54) is 11.4 Å². The maximum Gasteiger partial charge on any atom is 0.238 e. The standard InChI is InChI=1S/C29H31N7O4S/c1-17(37)26-27(20-12-21-9-10-22(13-20)35(21)25(38)16-33-41(2,39)40)34-29-23(15-32-36(29)28(26)30)19-8-11-24(31-14-19)18-6-4-3-5-7-18/h3-8,11,14-15,20-22,33H,9-10,12-13,16,30H2,1-2H3/t20-,21-,22+. The van der Waals surface area contributed by atoms with Gasteiger partial charge in [-0.05, 0) is 38.7 Å². The van der Waals surface area contributed by atoms with Crippen molar-refractivity contribution in [1.82, 2.24) is 29.2 Å². The largest absolute Gasteiger partial charge is 0.383 e. The van der Waals surface area contributed by atoms with E-state index in [4.69, 9.17) is 10.7 Å². The normalized spacial score (nSPS) is 20.4. The Morgan fingerprint density at radius 3 is 2.34 bits per heavy atom. The third kappa shape index (κ3) is 5.08. The van der Waals surface area contributed by atoms with Crippen molar-refractivity contribution >= 4 is 33.2 Å². The van der Waals surface area contributed by atoms with Gasteiger partial charge in [0.25, 0.3) is 0 Å². The number of nitrogens with two attached hydrogens (primary N) is 1. The maximum atomic E-state index is 12.9. The van der Waals surface area contributed by atoms with Crippen LogP contribution in [0.4, 0.5) is 5.82 Å². The number of ketones is 1. The maximum absolute atomic E-state index is 12.9. The highest BCUT2D eigenvalue weighted by Gasteiger charge is 2.45. The van der Waals surface area contributed by atoms with Crippen LogP contribution in [0.25, 0.3) is 28.0 Å². The molecule has 2 saturated heterocycles. The summed E-state index contributed by atoms with van der Waals surface area (Å²) in [4.78, 5) is 37.2. The highest BCUT2D eigenvalue weighted by Crippen LogP contribution is 2.44. The quantitative estimate of drug-likeness (QED) is 0.320. The number of pyridine rings is 1. The first-order chi connectivity index (χ1) is 19.6. The van der Waals surface area contributed by atoms with Crippen LogP contribution in [0.3, 0.4) is 0 Å². The van der Waals surface area contributed by atoms with Gasteiger partial charge in [-0.2, -0.15) is 9.61 Å². The summed E-state index contributed by atoms with van der Waals surface area (Å²) in [6, 6.07) is 13.7. The third-order valence-corrected chi connectivity index (χ3v) is 8.77. The summed E-state index contributed by atoms with van der Waals surface area (Å²) in [7, 11) is -3.48. The number of piperidine rings is 1. The Morgan fingerprint density at radius 1 is 1.02 bits per heavy atom. The fourth-order valence-electron chi connectivity index (χ4n) is 6.32. The molecular weight excluding hydrogens is 542 g/mol. The molecule has 3 aromatic heterocycles. The van der Waals surface area contributed by atoms with Gasteiger partial charge in [0.1, 0.15) is 5.82 Å². The smallest absolute Gasteiger partial charge is 0.238 e. The minimum Gasteiger partial charge on any atom is -0.383 e. The molecule has 212 valence electrons. The zero-order valence-electron chi connectivity index (χ0n) is 22.8. The molecule has 2 aliphatic rings. The van der Waals surface area contributed by atoms with Gasteiger partial charge in [-0.3, -0.25) is 14.6 Å². The molecule has 2 aliphatic heterocycles. The topological polar surface area (TPSA) is 153 Å². The number of carbonyl (C=O) groups is 2. The highest BCUT2D eigenvalue weighted by molar-refractivity contribution is 7.88. The van der Waals surface area contributed by atoms with Crippen molar-refractivity contribution in [1.29, 1.82) is 0 Å².